The number of nitrogens with zero attached hydrogens (tertiary/aromatic N) is 1. The molecule has 1 saturated heterocycles. The second-order valence-corrected chi connectivity index (χ2v) is 5.13. The molecule has 2 N–H and O–H groups in total. The highest BCUT2D eigenvalue weighted by molar-refractivity contribution is 5.89. The molecule has 1 heterocycles. The number of rotatable bonds is 3. The smallest absolute Gasteiger partial charge is 0.321 e. The lowest BCUT2D eigenvalue weighted by molar-refractivity contribution is 0.206. The molecule has 0 bridgehead atoms. The highest BCUT2D eigenvalue weighted by Gasteiger charge is 2.18. The maximum Gasteiger partial charge on any atom is 0.321 e. The number of amides is 2. The normalized spacial score (nSPS) is 15.9. The van der Waals surface area contributed by atoms with E-state index >= 15 is 0 Å². The summed E-state index contributed by atoms with van der Waals surface area (Å²) in [6.07, 6.45) is 2.06. The quantitative estimate of drug-likeness (QED) is 0.895. The molecule has 0 atom stereocenters. The van der Waals surface area contributed by atoms with Crippen molar-refractivity contribution in [1.82, 2.24) is 10.2 Å². The molecular formula is C14H19F2N3O. The molecule has 2 amide bonds. The lowest BCUT2D eigenvalue weighted by Crippen LogP contribution is -2.39. The van der Waals surface area contributed by atoms with Crippen LogP contribution in [0, 0.1) is 17.6 Å². The zero-order valence-electron chi connectivity index (χ0n) is 11.5. The van der Waals surface area contributed by atoms with Gasteiger partial charge in [0.2, 0.25) is 0 Å². The molecule has 20 heavy (non-hydrogen) atoms. The number of piperidine rings is 1. The van der Waals surface area contributed by atoms with Gasteiger partial charge in [0, 0.05) is 19.7 Å². The van der Waals surface area contributed by atoms with E-state index < -0.39 is 11.6 Å². The van der Waals surface area contributed by atoms with E-state index in [9.17, 15) is 13.6 Å². The minimum Gasteiger partial charge on any atom is -0.327 e. The van der Waals surface area contributed by atoms with Crippen LogP contribution in [-0.2, 0) is 0 Å². The number of benzene rings is 1. The minimum atomic E-state index is -0.770. The van der Waals surface area contributed by atoms with Crippen molar-refractivity contribution in [2.24, 2.45) is 5.92 Å². The van der Waals surface area contributed by atoms with Gasteiger partial charge >= 0.3 is 6.03 Å². The molecule has 1 aromatic rings. The van der Waals surface area contributed by atoms with Gasteiger partial charge < -0.3 is 15.5 Å². The van der Waals surface area contributed by atoms with Gasteiger partial charge in [-0.15, -0.1) is 0 Å². The molecule has 0 aliphatic carbocycles. The van der Waals surface area contributed by atoms with Gasteiger partial charge in [-0.2, -0.15) is 0 Å². The largest absolute Gasteiger partial charge is 0.327 e. The van der Waals surface area contributed by atoms with Crippen LogP contribution in [0.15, 0.2) is 18.2 Å². The lowest BCUT2D eigenvalue weighted by atomic mass is 9.98. The number of urea groups is 1. The van der Waals surface area contributed by atoms with Crippen molar-refractivity contribution >= 4 is 11.7 Å². The number of halogens is 2. The Morgan fingerprint density at radius 1 is 1.40 bits per heavy atom. The predicted molar refractivity (Wildman–Crippen MR) is 73.6 cm³/mol. The molecule has 1 aromatic carbocycles. The average molecular weight is 283 g/mol. The summed E-state index contributed by atoms with van der Waals surface area (Å²) in [7, 11) is 1.68. The molecular weight excluding hydrogens is 264 g/mol. The van der Waals surface area contributed by atoms with Crippen molar-refractivity contribution in [3.63, 3.8) is 0 Å². The van der Waals surface area contributed by atoms with Crippen LogP contribution < -0.4 is 10.6 Å². The van der Waals surface area contributed by atoms with Gasteiger partial charge in [-0.05, 0) is 44.0 Å². The summed E-state index contributed by atoms with van der Waals surface area (Å²) in [5.41, 5.74) is -0.00596. The van der Waals surface area contributed by atoms with E-state index in [1.54, 1.807) is 11.9 Å². The summed E-state index contributed by atoms with van der Waals surface area (Å²) in [6.45, 7) is 2.57. The molecule has 1 fully saturated rings. The molecule has 6 heteroatoms. The third kappa shape index (κ3) is 3.90. The molecule has 1 aliphatic heterocycles. The molecule has 0 radical (unpaired) electrons. The molecule has 0 spiro atoms. The standard InChI is InChI=1S/C14H19F2N3O/c1-19(9-10-4-6-17-7-5-10)14(20)18-13-3-2-11(15)8-12(13)16/h2-3,8,10,17H,4-7,9H2,1H3,(H,18,20). The summed E-state index contributed by atoms with van der Waals surface area (Å²) in [5.74, 6) is -0.970. The molecule has 0 unspecified atom stereocenters. The number of anilines is 1. The Kier molecular flexibility index (Phi) is 4.89. The van der Waals surface area contributed by atoms with Crippen LogP contribution in [0.4, 0.5) is 19.3 Å². The topological polar surface area (TPSA) is 44.4 Å². The third-order valence-corrected chi connectivity index (χ3v) is 3.51. The first kappa shape index (κ1) is 14.7. The predicted octanol–water partition coefficient (Wildman–Crippen LogP) is 2.43. The molecule has 0 aromatic heterocycles. The van der Waals surface area contributed by atoms with Crippen molar-refractivity contribution in [3.05, 3.63) is 29.8 Å². The lowest BCUT2D eigenvalue weighted by Gasteiger charge is -2.27. The molecule has 4 nitrogen and oxygen atoms in total. The zero-order chi connectivity index (χ0) is 14.5. The molecule has 1 aliphatic rings. The van der Waals surface area contributed by atoms with Crippen LogP contribution in [0.3, 0.4) is 0 Å². The van der Waals surface area contributed by atoms with Crippen molar-refractivity contribution in [2.45, 2.75) is 12.8 Å². The summed E-state index contributed by atoms with van der Waals surface area (Å²) in [5, 5.41) is 5.72. The van der Waals surface area contributed by atoms with Crippen molar-refractivity contribution in [2.75, 3.05) is 32.0 Å². The van der Waals surface area contributed by atoms with E-state index in [4.69, 9.17) is 0 Å². The van der Waals surface area contributed by atoms with Crippen LogP contribution in [0.1, 0.15) is 12.8 Å². The first-order chi connectivity index (χ1) is 9.56. The van der Waals surface area contributed by atoms with Gasteiger partial charge in [0.25, 0.3) is 0 Å². The first-order valence-electron chi connectivity index (χ1n) is 6.74. The fraction of sp³-hybridized carbons (Fsp3) is 0.500. The summed E-state index contributed by atoms with van der Waals surface area (Å²) in [6, 6.07) is 2.71. The van der Waals surface area contributed by atoms with Gasteiger partial charge in [-0.25, -0.2) is 13.6 Å². The van der Waals surface area contributed by atoms with Crippen molar-refractivity contribution in [3.8, 4) is 0 Å². The number of nitrogens with one attached hydrogen (secondary N) is 2. The fourth-order valence-electron chi connectivity index (χ4n) is 2.34. The van der Waals surface area contributed by atoms with E-state index in [0.29, 0.717) is 12.5 Å². The van der Waals surface area contributed by atoms with E-state index in [1.165, 1.54) is 6.07 Å². The van der Waals surface area contributed by atoms with Gasteiger partial charge in [-0.3, -0.25) is 0 Å². The zero-order valence-corrected chi connectivity index (χ0v) is 11.5. The summed E-state index contributed by atoms with van der Waals surface area (Å²) < 4.78 is 26.2. The summed E-state index contributed by atoms with van der Waals surface area (Å²) in [4.78, 5) is 13.5. The van der Waals surface area contributed by atoms with Gasteiger partial charge in [0.05, 0.1) is 5.69 Å². The second-order valence-electron chi connectivity index (χ2n) is 5.13. The van der Waals surface area contributed by atoms with Gasteiger partial charge in [0.15, 0.2) is 0 Å². The van der Waals surface area contributed by atoms with Crippen LogP contribution >= 0.6 is 0 Å². The number of carbonyl (C=O) groups is 1. The number of hydrogen-bond donors (Lipinski definition) is 2. The molecule has 2 rings (SSSR count). The number of hydrogen-bond acceptors (Lipinski definition) is 2. The van der Waals surface area contributed by atoms with E-state index in [1.807, 2.05) is 0 Å². The maximum absolute atomic E-state index is 13.5. The second kappa shape index (κ2) is 6.65. The van der Waals surface area contributed by atoms with Gasteiger partial charge in [-0.1, -0.05) is 0 Å². The Labute approximate surface area is 117 Å². The van der Waals surface area contributed by atoms with Gasteiger partial charge in [0.1, 0.15) is 11.6 Å². The van der Waals surface area contributed by atoms with E-state index in [-0.39, 0.29) is 11.7 Å². The Hall–Kier alpha value is -1.69. The van der Waals surface area contributed by atoms with Crippen molar-refractivity contribution in [1.29, 1.82) is 0 Å². The van der Waals surface area contributed by atoms with E-state index in [2.05, 4.69) is 10.6 Å². The average Bonchev–Trinajstić information content (AvgIpc) is 2.43. The van der Waals surface area contributed by atoms with Crippen LogP contribution in [0.5, 0.6) is 0 Å². The first-order valence-corrected chi connectivity index (χ1v) is 6.74. The highest BCUT2D eigenvalue weighted by atomic mass is 19.1. The van der Waals surface area contributed by atoms with Crippen LogP contribution in [0.2, 0.25) is 0 Å². The Morgan fingerprint density at radius 3 is 2.75 bits per heavy atom. The SMILES string of the molecule is CN(CC1CCNCC1)C(=O)Nc1ccc(F)cc1F. The molecule has 0 saturated carbocycles. The fourth-order valence-corrected chi connectivity index (χ4v) is 2.34. The Morgan fingerprint density at radius 2 is 2.10 bits per heavy atom. The summed E-state index contributed by atoms with van der Waals surface area (Å²) >= 11 is 0. The Bertz CT molecular complexity index is 475. The van der Waals surface area contributed by atoms with E-state index in [0.717, 1.165) is 38.1 Å². The highest BCUT2D eigenvalue weighted by Crippen LogP contribution is 2.17. The van der Waals surface area contributed by atoms with Crippen LogP contribution in [0.25, 0.3) is 0 Å². The maximum atomic E-state index is 13.5. The van der Waals surface area contributed by atoms with Crippen LogP contribution in [-0.4, -0.2) is 37.6 Å². The van der Waals surface area contributed by atoms with Crippen molar-refractivity contribution < 1.29 is 13.6 Å². The third-order valence-electron chi connectivity index (χ3n) is 3.51. The Balaban J connectivity index is 1.89. The number of carbonyl (C=O) groups excluding carboxylic acids is 1. The molecule has 110 valence electrons. The monoisotopic (exact) mass is 283 g/mol. The minimum absolute atomic E-state index is 0.00596.